The van der Waals surface area contributed by atoms with Crippen molar-refractivity contribution in [3.05, 3.63) is 23.9 Å². The second-order valence-electron chi connectivity index (χ2n) is 6.02. The number of aromatic nitrogens is 1. The quantitative estimate of drug-likeness (QED) is 0.918. The molecule has 0 saturated carbocycles. The summed E-state index contributed by atoms with van der Waals surface area (Å²) in [5.41, 5.74) is 0.637. The summed E-state index contributed by atoms with van der Waals surface area (Å²) in [5.74, 6) is 1.54. The Morgan fingerprint density at radius 2 is 2.14 bits per heavy atom. The van der Waals surface area contributed by atoms with Crippen molar-refractivity contribution in [2.45, 2.75) is 32.7 Å². The molecule has 1 saturated heterocycles. The Bertz CT molecular complexity index is 467. The van der Waals surface area contributed by atoms with E-state index < -0.39 is 0 Å². The molecule has 116 valence electrons. The SMILES string of the molecule is CC1CCN(C(=O)c2ccc(N(C)[C@@H](C)CO)nc2)CC1. The van der Waals surface area contributed by atoms with Crippen LogP contribution in [0.15, 0.2) is 18.3 Å². The number of aliphatic hydroxyl groups excluding tert-OH is 1. The van der Waals surface area contributed by atoms with Crippen LogP contribution in [0.5, 0.6) is 0 Å². The first-order valence-corrected chi connectivity index (χ1v) is 7.62. The molecule has 1 aliphatic rings. The molecule has 1 aromatic rings. The zero-order valence-corrected chi connectivity index (χ0v) is 13.1. The predicted molar refractivity (Wildman–Crippen MR) is 83.5 cm³/mol. The summed E-state index contributed by atoms with van der Waals surface area (Å²) in [6.45, 7) is 5.91. The van der Waals surface area contributed by atoms with Gasteiger partial charge >= 0.3 is 0 Å². The fourth-order valence-electron chi connectivity index (χ4n) is 2.46. The number of hydrogen-bond acceptors (Lipinski definition) is 4. The van der Waals surface area contributed by atoms with Gasteiger partial charge in [-0.25, -0.2) is 4.98 Å². The Hall–Kier alpha value is -1.62. The first-order chi connectivity index (χ1) is 10.0. The highest BCUT2D eigenvalue weighted by molar-refractivity contribution is 5.94. The molecule has 5 nitrogen and oxygen atoms in total. The molecule has 1 N–H and O–H groups in total. The molecule has 1 aromatic heterocycles. The molecule has 0 aliphatic carbocycles. The van der Waals surface area contributed by atoms with Crippen molar-refractivity contribution in [2.75, 3.05) is 31.6 Å². The number of likely N-dealkylation sites (N-methyl/N-ethyl adjacent to an activating group) is 1. The second-order valence-corrected chi connectivity index (χ2v) is 6.02. The van der Waals surface area contributed by atoms with Crippen LogP contribution in [0, 0.1) is 5.92 Å². The third-order valence-corrected chi connectivity index (χ3v) is 4.35. The molecule has 1 aliphatic heterocycles. The summed E-state index contributed by atoms with van der Waals surface area (Å²) in [5, 5.41) is 9.17. The lowest BCUT2D eigenvalue weighted by molar-refractivity contribution is 0.0697. The molecule has 0 radical (unpaired) electrons. The Balaban J connectivity index is 2.03. The van der Waals surface area contributed by atoms with Gasteiger partial charge in [0.05, 0.1) is 18.2 Å². The normalized spacial score (nSPS) is 17.6. The number of hydrogen-bond donors (Lipinski definition) is 1. The van der Waals surface area contributed by atoms with Crippen LogP contribution < -0.4 is 4.90 Å². The van der Waals surface area contributed by atoms with Crippen LogP contribution in [-0.2, 0) is 0 Å². The largest absolute Gasteiger partial charge is 0.394 e. The van der Waals surface area contributed by atoms with E-state index in [2.05, 4.69) is 11.9 Å². The van der Waals surface area contributed by atoms with Gasteiger partial charge in [0.1, 0.15) is 5.82 Å². The number of amides is 1. The van der Waals surface area contributed by atoms with E-state index in [1.54, 1.807) is 6.20 Å². The van der Waals surface area contributed by atoms with E-state index in [1.165, 1.54) is 0 Å². The number of carbonyl (C=O) groups excluding carboxylic acids is 1. The Morgan fingerprint density at radius 1 is 1.48 bits per heavy atom. The Kier molecular flexibility index (Phi) is 5.17. The highest BCUT2D eigenvalue weighted by Crippen LogP contribution is 2.19. The summed E-state index contributed by atoms with van der Waals surface area (Å²) in [4.78, 5) is 20.6. The standard InChI is InChI=1S/C16H25N3O2/c1-12-6-8-19(9-7-12)16(21)14-4-5-15(17-10-14)18(3)13(2)11-20/h4-5,10,12-13,20H,6-9,11H2,1-3H3/t13-/m0/s1. The summed E-state index contributed by atoms with van der Waals surface area (Å²) >= 11 is 0. The minimum absolute atomic E-state index is 0.00244. The zero-order valence-electron chi connectivity index (χ0n) is 13.1. The van der Waals surface area contributed by atoms with E-state index in [0.717, 1.165) is 31.7 Å². The minimum Gasteiger partial charge on any atom is -0.394 e. The maximum Gasteiger partial charge on any atom is 0.255 e. The molecule has 0 bridgehead atoms. The first-order valence-electron chi connectivity index (χ1n) is 7.62. The van der Waals surface area contributed by atoms with Crippen LogP contribution in [0.25, 0.3) is 0 Å². The van der Waals surface area contributed by atoms with E-state index in [0.29, 0.717) is 11.5 Å². The minimum atomic E-state index is 0.00244. The molecule has 2 rings (SSSR count). The van der Waals surface area contributed by atoms with Crippen LogP contribution in [0.1, 0.15) is 37.0 Å². The number of pyridine rings is 1. The van der Waals surface area contributed by atoms with Gasteiger partial charge in [-0.2, -0.15) is 0 Å². The first kappa shape index (κ1) is 15.8. The predicted octanol–water partition coefficient (Wildman–Crippen LogP) is 1.77. The number of rotatable bonds is 4. The van der Waals surface area contributed by atoms with Crippen LogP contribution in [0.2, 0.25) is 0 Å². The zero-order chi connectivity index (χ0) is 15.4. The van der Waals surface area contributed by atoms with E-state index in [-0.39, 0.29) is 18.6 Å². The molecular weight excluding hydrogens is 266 g/mol. The highest BCUT2D eigenvalue weighted by atomic mass is 16.3. The van der Waals surface area contributed by atoms with E-state index in [1.807, 2.05) is 35.9 Å². The fourth-order valence-corrected chi connectivity index (χ4v) is 2.46. The van der Waals surface area contributed by atoms with E-state index in [9.17, 15) is 9.90 Å². The molecular formula is C16H25N3O2. The number of carbonyl (C=O) groups is 1. The van der Waals surface area contributed by atoms with E-state index >= 15 is 0 Å². The molecule has 21 heavy (non-hydrogen) atoms. The average molecular weight is 291 g/mol. The monoisotopic (exact) mass is 291 g/mol. The molecule has 5 heteroatoms. The van der Waals surface area contributed by atoms with Gasteiger partial charge < -0.3 is 14.9 Å². The Labute approximate surface area is 126 Å². The second kappa shape index (κ2) is 6.89. The smallest absolute Gasteiger partial charge is 0.255 e. The highest BCUT2D eigenvalue weighted by Gasteiger charge is 2.21. The van der Waals surface area contributed by atoms with Crippen molar-refractivity contribution in [3.8, 4) is 0 Å². The lowest BCUT2D eigenvalue weighted by Gasteiger charge is -2.30. The average Bonchev–Trinajstić information content (AvgIpc) is 2.53. The summed E-state index contributed by atoms with van der Waals surface area (Å²) in [6.07, 6.45) is 3.79. The molecule has 1 fully saturated rings. The fraction of sp³-hybridized carbons (Fsp3) is 0.625. The number of aliphatic hydroxyl groups is 1. The van der Waals surface area contributed by atoms with Crippen molar-refractivity contribution in [1.82, 2.24) is 9.88 Å². The third-order valence-electron chi connectivity index (χ3n) is 4.35. The lowest BCUT2D eigenvalue weighted by Crippen LogP contribution is -2.38. The van der Waals surface area contributed by atoms with Gasteiger partial charge in [-0.05, 0) is 37.8 Å². The molecule has 2 heterocycles. The van der Waals surface area contributed by atoms with Gasteiger partial charge in [0.2, 0.25) is 0 Å². The number of anilines is 1. The number of piperidine rings is 1. The maximum atomic E-state index is 12.4. The molecule has 0 aromatic carbocycles. The van der Waals surface area contributed by atoms with Gasteiger partial charge in [-0.15, -0.1) is 0 Å². The number of likely N-dealkylation sites (tertiary alicyclic amines) is 1. The van der Waals surface area contributed by atoms with Crippen LogP contribution in [0.3, 0.4) is 0 Å². The third kappa shape index (κ3) is 3.73. The van der Waals surface area contributed by atoms with Crippen LogP contribution >= 0.6 is 0 Å². The topological polar surface area (TPSA) is 56.7 Å². The molecule has 1 amide bonds. The molecule has 0 spiro atoms. The van der Waals surface area contributed by atoms with Gasteiger partial charge in [-0.3, -0.25) is 4.79 Å². The van der Waals surface area contributed by atoms with Crippen molar-refractivity contribution < 1.29 is 9.90 Å². The summed E-state index contributed by atoms with van der Waals surface area (Å²) < 4.78 is 0. The van der Waals surface area contributed by atoms with E-state index in [4.69, 9.17) is 0 Å². The van der Waals surface area contributed by atoms with Gasteiger partial charge in [0.25, 0.3) is 5.91 Å². The maximum absolute atomic E-state index is 12.4. The van der Waals surface area contributed by atoms with Crippen molar-refractivity contribution >= 4 is 11.7 Å². The summed E-state index contributed by atoms with van der Waals surface area (Å²) in [6, 6.07) is 3.66. The summed E-state index contributed by atoms with van der Waals surface area (Å²) in [7, 11) is 1.89. The van der Waals surface area contributed by atoms with Gasteiger partial charge in [-0.1, -0.05) is 6.92 Å². The Morgan fingerprint density at radius 3 is 2.67 bits per heavy atom. The van der Waals surface area contributed by atoms with Crippen molar-refractivity contribution in [3.63, 3.8) is 0 Å². The van der Waals surface area contributed by atoms with Gasteiger partial charge in [0.15, 0.2) is 0 Å². The molecule has 1 atom stereocenters. The van der Waals surface area contributed by atoms with Gasteiger partial charge in [0, 0.05) is 26.3 Å². The molecule has 0 unspecified atom stereocenters. The van der Waals surface area contributed by atoms with Crippen LogP contribution in [-0.4, -0.2) is 53.7 Å². The van der Waals surface area contributed by atoms with Crippen LogP contribution in [0.4, 0.5) is 5.82 Å². The van der Waals surface area contributed by atoms with Crippen molar-refractivity contribution in [2.24, 2.45) is 5.92 Å². The number of nitrogens with zero attached hydrogens (tertiary/aromatic N) is 3. The van der Waals surface area contributed by atoms with Crippen molar-refractivity contribution in [1.29, 1.82) is 0 Å². The lowest BCUT2D eigenvalue weighted by atomic mass is 9.99.